The maximum absolute atomic E-state index is 2.33. The fourth-order valence-electron chi connectivity index (χ4n) is 3.90. The number of hydrogen-bond acceptors (Lipinski definition) is 0. The molecule has 0 radical (unpaired) electrons. The molecule has 0 aliphatic rings. The Morgan fingerprint density at radius 1 is 0.357 bits per heavy atom. The Balaban J connectivity index is 1.83. The van der Waals surface area contributed by atoms with Crippen LogP contribution in [-0.4, -0.2) is 0 Å². The van der Waals surface area contributed by atoms with E-state index in [2.05, 4.69) is 121 Å². The third-order valence-corrected chi connectivity index (χ3v) is 5.28. The van der Waals surface area contributed by atoms with Gasteiger partial charge in [-0.2, -0.15) is 0 Å². The quantitative estimate of drug-likeness (QED) is 0.309. The van der Waals surface area contributed by atoms with Gasteiger partial charge in [0.15, 0.2) is 0 Å². The predicted octanol–water partition coefficient (Wildman–Crippen LogP) is 7.84. The zero-order valence-corrected chi connectivity index (χ0v) is 15.5. The number of fused-ring (bicyclic) bond motifs is 1. The van der Waals surface area contributed by atoms with E-state index in [9.17, 15) is 0 Å². The lowest BCUT2D eigenvalue weighted by molar-refractivity contribution is 1.60. The second kappa shape index (κ2) is 7.17. The van der Waals surface area contributed by atoms with Crippen LogP contribution in [0.4, 0.5) is 0 Å². The highest BCUT2D eigenvalue weighted by Gasteiger charge is 2.12. The molecular formula is C28H20. The van der Waals surface area contributed by atoms with E-state index in [0.29, 0.717) is 0 Å². The van der Waals surface area contributed by atoms with E-state index < -0.39 is 0 Å². The highest BCUT2D eigenvalue weighted by atomic mass is 14.2. The highest BCUT2D eigenvalue weighted by Crippen LogP contribution is 2.39. The topological polar surface area (TPSA) is 0 Å². The summed E-state index contributed by atoms with van der Waals surface area (Å²) in [7, 11) is 0. The van der Waals surface area contributed by atoms with Crippen LogP contribution >= 0.6 is 0 Å². The first kappa shape index (κ1) is 16.5. The lowest BCUT2D eigenvalue weighted by Crippen LogP contribution is -1.89. The summed E-state index contributed by atoms with van der Waals surface area (Å²) in [5, 5.41) is 2.55. The molecule has 0 unspecified atom stereocenters. The van der Waals surface area contributed by atoms with Crippen molar-refractivity contribution >= 4 is 10.8 Å². The molecule has 0 fully saturated rings. The van der Waals surface area contributed by atoms with Gasteiger partial charge >= 0.3 is 0 Å². The molecule has 0 amide bonds. The predicted molar refractivity (Wildman–Crippen MR) is 120 cm³/mol. The first-order valence-electron chi connectivity index (χ1n) is 9.63. The van der Waals surface area contributed by atoms with E-state index in [1.54, 1.807) is 0 Å². The molecule has 0 atom stereocenters. The molecule has 28 heavy (non-hydrogen) atoms. The number of rotatable bonds is 3. The molecule has 0 saturated carbocycles. The van der Waals surface area contributed by atoms with Gasteiger partial charge in [-0.05, 0) is 50.2 Å². The summed E-state index contributed by atoms with van der Waals surface area (Å²) in [4.78, 5) is 0. The molecule has 0 nitrogen and oxygen atoms in total. The molecule has 0 saturated heterocycles. The van der Waals surface area contributed by atoms with Gasteiger partial charge in [0.05, 0.1) is 0 Å². The summed E-state index contributed by atoms with van der Waals surface area (Å²) in [5.74, 6) is 0. The molecule has 0 heterocycles. The van der Waals surface area contributed by atoms with E-state index in [-0.39, 0.29) is 0 Å². The van der Waals surface area contributed by atoms with Gasteiger partial charge in [0.2, 0.25) is 0 Å². The Hall–Kier alpha value is -3.64. The van der Waals surface area contributed by atoms with Gasteiger partial charge in [0.1, 0.15) is 0 Å². The normalized spacial score (nSPS) is 10.9. The van der Waals surface area contributed by atoms with Crippen molar-refractivity contribution in [3.8, 4) is 33.4 Å². The van der Waals surface area contributed by atoms with Gasteiger partial charge in [-0.3, -0.25) is 0 Å². The average Bonchev–Trinajstić information content (AvgIpc) is 2.79. The van der Waals surface area contributed by atoms with Crippen molar-refractivity contribution in [1.29, 1.82) is 0 Å². The van der Waals surface area contributed by atoms with Crippen molar-refractivity contribution in [3.63, 3.8) is 0 Å². The minimum Gasteiger partial charge on any atom is -0.0622 e. The molecule has 5 aromatic carbocycles. The Bertz CT molecular complexity index is 1220. The minimum atomic E-state index is 1.24. The molecule has 0 aromatic heterocycles. The Morgan fingerprint density at radius 2 is 0.893 bits per heavy atom. The zero-order chi connectivity index (χ0) is 18.8. The number of hydrogen-bond donors (Lipinski definition) is 0. The molecule has 5 aromatic rings. The van der Waals surface area contributed by atoms with Gasteiger partial charge < -0.3 is 0 Å². The standard InChI is InChI=1S/C28H20/c1-4-10-21(11-5-1)25-17-16-23-18-19-26(22-12-6-2-7-13-22)28(27(23)20-25)24-14-8-3-9-15-24/h1-20H. The van der Waals surface area contributed by atoms with Crippen molar-refractivity contribution in [2.24, 2.45) is 0 Å². The van der Waals surface area contributed by atoms with E-state index in [1.165, 1.54) is 44.2 Å². The molecule has 5 rings (SSSR count). The van der Waals surface area contributed by atoms with Crippen molar-refractivity contribution in [3.05, 3.63) is 121 Å². The number of benzene rings is 5. The maximum Gasteiger partial charge on any atom is -0.00266 e. The molecule has 132 valence electrons. The third-order valence-electron chi connectivity index (χ3n) is 5.28. The van der Waals surface area contributed by atoms with Crippen LogP contribution in [0, 0.1) is 0 Å². The van der Waals surface area contributed by atoms with Gasteiger partial charge in [-0.1, -0.05) is 115 Å². The summed E-state index contributed by atoms with van der Waals surface area (Å²) in [6.07, 6.45) is 0. The van der Waals surface area contributed by atoms with E-state index >= 15 is 0 Å². The van der Waals surface area contributed by atoms with Gasteiger partial charge in [0, 0.05) is 0 Å². The van der Waals surface area contributed by atoms with Crippen LogP contribution in [0.5, 0.6) is 0 Å². The van der Waals surface area contributed by atoms with Crippen LogP contribution in [0.2, 0.25) is 0 Å². The van der Waals surface area contributed by atoms with Crippen LogP contribution < -0.4 is 0 Å². The lowest BCUT2D eigenvalue weighted by atomic mass is 9.88. The van der Waals surface area contributed by atoms with Crippen LogP contribution in [0.15, 0.2) is 121 Å². The maximum atomic E-state index is 2.33. The van der Waals surface area contributed by atoms with Crippen molar-refractivity contribution < 1.29 is 0 Å². The van der Waals surface area contributed by atoms with Crippen LogP contribution in [0.25, 0.3) is 44.2 Å². The van der Waals surface area contributed by atoms with Gasteiger partial charge in [0.25, 0.3) is 0 Å². The highest BCUT2D eigenvalue weighted by molar-refractivity contribution is 6.05. The first-order chi connectivity index (χ1) is 13.9. The summed E-state index contributed by atoms with van der Waals surface area (Å²) in [6, 6.07) is 43.2. The molecule has 0 aliphatic carbocycles. The Morgan fingerprint density at radius 3 is 1.54 bits per heavy atom. The third kappa shape index (κ3) is 3.00. The van der Waals surface area contributed by atoms with Gasteiger partial charge in [-0.15, -0.1) is 0 Å². The Kier molecular flexibility index (Phi) is 4.23. The average molecular weight is 356 g/mol. The fraction of sp³-hybridized carbons (Fsp3) is 0. The van der Waals surface area contributed by atoms with Crippen molar-refractivity contribution in [2.45, 2.75) is 0 Å². The largest absolute Gasteiger partial charge is 0.0622 e. The lowest BCUT2D eigenvalue weighted by Gasteiger charge is -2.15. The summed E-state index contributed by atoms with van der Waals surface area (Å²) in [6.45, 7) is 0. The fourth-order valence-corrected chi connectivity index (χ4v) is 3.90. The second-order valence-electron chi connectivity index (χ2n) is 7.02. The van der Waals surface area contributed by atoms with Crippen LogP contribution in [0.1, 0.15) is 0 Å². The van der Waals surface area contributed by atoms with Crippen LogP contribution in [0.3, 0.4) is 0 Å². The van der Waals surface area contributed by atoms with E-state index in [4.69, 9.17) is 0 Å². The molecule has 0 aliphatic heterocycles. The Labute approximate surface area is 165 Å². The molecular weight excluding hydrogens is 336 g/mol. The molecule has 0 heteroatoms. The van der Waals surface area contributed by atoms with Crippen molar-refractivity contribution in [1.82, 2.24) is 0 Å². The molecule has 0 bridgehead atoms. The van der Waals surface area contributed by atoms with Crippen molar-refractivity contribution in [2.75, 3.05) is 0 Å². The zero-order valence-electron chi connectivity index (χ0n) is 15.5. The molecule has 0 spiro atoms. The summed E-state index contributed by atoms with van der Waals surface area (Å²) >= 11 is 0. The van der Waals surface area contributed by atoms with E-state index in [1.807, 2.05) is 0 Å². The van der Waals surface area contributed by atoms with E-state index in [0.717, 1.165) is 0 Å². The smallest absolute Gasteiger partial charge is 0.00266 e. The van der Waals surface area contributed by atoms with Gasteiger partial charge in [-0.25, -0.2) is 0 Å². The minimum absolute atomic E-state index is 1.24. The first-order valence-corrected chi connectivity index (χ1v) is 9.63. The van der Waals surface area contributed by atoms with Crippen LogP contribution in [-0.2, 0) is 0 Å². The SMILES string of the molecule is c1ccc(-c2ccc3ccc(-c4ccccc4)c(-c4ccccc4)c3c2)cc1. The monoisotopic (exact) mass is 356 g/mol. The summed E-state index contributed by atoms with van der Waals surface area (Å²) in [5.41, 5.74) is 7.54. The summed E-state index contributed by atoms with van der Waals surface area (Å²) < 4.78 is 0. The molecule has 0 N–H and O–H groups in total. The second-order valence-corrected chi connectivity index (χ2v) is 7.02.